The highest BCUT2D eigenvalue weighted by molar-refractivity contribution is 7.46. The summed E-state index contributed by atoms with van der Waals surface area (Å²) in [6, 6.07) is 0. The molecule has 0 aromatic carbocycles. The van der Waals surface area contributed by atoms with E-state index in [-0.39, 0.29) is 55.8 Å². The van der Waals surface area contributed by atoms with Crippen molar-refractivity contribution in [3.05, 3.63) is 12.2 Å². The molecule has 0 spiro atoms. The average Bonchev–Trinajstić information content (AvgIpc) is 2.70. The molecule has 0 saturated carbocycles. The molecule has 95 heavy (non-hydrogen) atoms. The number of aliphatic hydroxyl groups is 34. The van der Waals surface area contributed by atoms with Gasteiger partial charge in [-0.3, -0.25) is 19.4 Å². The summed E-state index contributed by atoms with van der Waals surface area (Å²) in [4.78, 5) is 106. The van der Waals surface area contributed by atoms with Crippen molar-refractivity contribution in [3.63, 3.8) is 0 Å². The Labute approximate surface area is 533 Å². The van der Waals surface area contributed by atoms with Crippen LogP contribution in [0.3, 0.4) is 0 Å². The second kappa shape index (κ2) is 58.3. The van der Waals surface area contributed by atoms with E-state index in [9.17, 15) is 47.7 Å². The maximum atomic E-state index is 10.2. The predicted molar refractivity (Wildman–Crippen MR) is 293 cm³/mol. The summed E-state index contributed by atoms with van der Waals surface area (Å²) in [6.45, 7) is -5.52. The number of amides is 2. The molecule has 0 bridgehead atoms. The Balaban J connectivity index is -0.000000187. The highest BCUT2D eigenvalue weighted by atomic mass is 31.2. The zero-order valence-corrected chi connectivity index (χ0v) is 49.7. The Morgan fingerprint density at radius 1 is 0.284 bits per heavy atom. The molecule has 0 radical (unpaired) electrons. The molecule has 0 aromatic heterocycles. The van der Waals surface area contributed by atoms with Crippen molar-refractivity contribution >= 4 is 63.6 Å². The summed E-state index contributed by atoms with van der Waals surface area (Å²) < 4.78 is 14.1. The van der Waals surface area contributed by atoms with E-state index in [1.807, 2.05) is 5.32 Å². The van der Waals surface area contributed by atoms with Crippen LogP contribution in [0, 0.1) is 0 Å². The Morgan fingerprint density at radius 2 is 0.421 bits per heavy atom. The van der Waals surface area contributed by atoms with Gasteiger partial charge < -0.3 is 217 Å². The lowest BCUT2D eigenvalue weighted by Crippen LogP contribution is -2.46. The molecule has 0 aromatic rings. The smallest absolute Gasteiger partial charge is 0.394 e. The van der Waals surface area contributed by atoms with E-state index in [4.69, 9.17) is 183 Å². The highest BCUT2D eigenvalue weighted by Gasteiger charge is 2.35. The Bertz CT molecular complexity index is 1820. The summed E-state index contributed by atoms with van der Waals surface area (Å²) >= 11 is 0. The van der Waals surface area contributed by atoms with E-state index < -0.39 is 225 Å². The van der Waals surface area contributed by atoms with Gasteiger partial charge >= 0.3 is 7.82 Å². The van der Waals surface area contributed by atoms with Gasteiger partial charge in [0.05, 0.1) is 46.2 Å². The van der Waals surface area contributed by atoms with Crippen molar-refractivity contribution in [2.45, 2.75) is 171 Å². The number of hydrogen-bond acceptors (Lipinski definition) is 45. The van der Waals surface area contributed by atoms with Crippen LogP contribution in [0.1, 0.15) is 0 Å². The van der Waals surface area contributed by atoms with Crippen molar-refractivity contribution in [1.29, 1.82) is 0 Å². The number of carbonyl (C=O) groups is 9. The molecular weight excluding hydrogens is 1350 g/mol. The molecule has 0 aliphatic carbocycles. The third-order valence-electron chi connectivity index (χ3n) is 10.8. The number of phosphoric acid groups is 1. The van der Waals surface area contributed by atoms with Crippen molar-refractivity contribution in [2.24, 2.45) is 0 Å². The lowest BCUT2D eigenvalue weighted by Gasteiger charge is -2.23. The molecule has 1 rings (SSSR count). The molecular formula is C46H88NO47P. The first kappa shape index (κ1) is 104. The number of aldehydes is 7. The van der Waals surface area contributed by atoms with Crippen LogP contribution in [0.15, 0.2) is 12.2 Å². The summed E-state index contributed by atoms with van der Waals surface area (Å²) in [6.07, 6.45) is -46.4. The lowest BCUT2D eigenvalue weighted by atomic mass is 10.0. The number of carbonyl (C=O) groups excluding carboxylic acids is 9. The second-order valence-corrected chi connectivity index (χ2v) is 19.5. The molecule has 0 fully saturated rings. The van der Waals surface area contributed by atoms with Gasteiger partial charge in [-0.1, -0.05) is 0 Å². The molecule has 2 amide bonds. The molecule has 0 unspecified atom stereocenters. The number of phosphoric ester groups is 1. The standard InChI is InChI=1S/C6H13O9P.6C6H12O6.C4H3NO2/c7-1-3(8)5(10)6(11)4(9)2-15-16(12,13)14;6*7-1-3(9)5(11)6(12)4(10)2-8;6-3-1-2-4(7)5-3/h1,3-6,8-11H,2H2,(H2,12,13,14);6*1,3-6,8-12H,2H2;1-2H,(H,5,6,7)/t7*3-,4-,5-,6-;/m1111111./s1. The molecule has 1 heterocycles. The minimum atomic E-state index is -4.80. The van der Waals surface area contributed by atoms with Crippen LogP contribution >= 0.6 is 7.82 Å². The summed E-state index contributed by atoms with van der Waals surface area (Å²) in [5.74, 6) is -0.657. The normalized spacial score (nSPS) is 20.6. The van der Waals surface area contributed by atoms with Gasteiger partial charge in [0.15, 0.2) is 44.0 Å². The Morgan fingerprint density at radius 3 is 0.516 bits per heavy atom. The molecule has 48 nitrogen and oxygen atoms in total. The van der Waals surface area contributed by atoms with E-state index in [1.54, 1.807) is 0 Å². The molecule has 564 valence electrons. The van der Waals surface area contributed by atoms with Crippen LogP contribution in [0.5, 0.6) is 0 Å². The zero-order chi connectivity index (χ0) is 76.5. The molecule has 37 N–H and O–H groups in total. The highest BCUT2D eigenvalue weighted by Crippen LogP contribution is 2.36. The fourth-order valence-electron chi connectivity index (χ4n) is 4.85. The maximum absolute atomic E-state index is 10.2. The van der Waals surface area contributed by atoms with E-state index in [1.165, 1.54) is 12.2 Å². The second-order valence-electron chi connectivity index (χ2n) is 18.3. The molecule has 28 atom stereocenters. The quantitative estimate of drug-likeness (QED) is 0.0156. The topological polar surface area (TPSA) is 920 Å². The van der Waals surface area contributed by atoms with Gasteiger partial charge in [-0.25, -0.2) is 4.57 Å². The predicted octanol–water partition coefficient (Wildman–Crippen LogP) is -24.3. The van der Waals surface area contributed by atoms with Crippen molar-refractivity contribution in [3.8, 4) is 0 Å². The van der Waals surface area contributed by atoms with Crippen LogP contribution < -0.4 is 5.32 Å². The SMILES string of the molecule is O=C1C=CC(=O)N1.O=C[C@@H](O)[C@@H](O)[C@H](O)[C@H](O)CO.O=C[C@@H](O)[C@@H](O)[C@H](O)[C@H](O)CO.O=C[C@@H](O)[C@@H](O)[C@H](O)[C@H](O)CO.O=C[C@@H](O)[C@@H](O)[C@H](O)[C@H](O)CO.O=C[C@@H](O)[C@@H](O)[C@H](O)[C@H](O)CO.O=C[C@@H](O)[C@@H](O)[C@H](O)[C@H](O)CO.O=C[C@@H](O)[C@@H](O)[C@H](O)[C@H](O)COP(=O)(O)O. The summed E-state index contributed by atoms with van der Waals surface area (Å²) in [5.41, 5.74) is 0. The van der Waals surface area contributed by atoms with Gasteiger partial charge in [-0.15, -0.1) is 0 Å². The zero-order valence-electron chi connectivity index (χ0n) is 48.8. The Hall–Kier alpha value is -4.68. The van der Waals surface area contributed by atoms with Gasteiger partial charge in [0.25, 0.3) is 11.8 Å². The van der Waals surface area contributed by atoms with E-state index in [0.717, 1.165) is 0 Å². The van der Waals surface area contributed by atoms with Crippen molar-refractivity contribution < 1.29 is 236 Å². The van der Waals surface area contributed by atoms with Gasteiger partial charge in [-0.2, -0.15) is 0 Å². The fourth-order valence-corrected chi connectivity index (χ4v) is 5.19. The first-order valence-electron chi connectivity index (χ1n) is 25.8. The van der Waals surface area contributed by atoms with Crippen LogP contribution in [0.25, 0.3) is 0 Å². The van der Waals surface area contributed by atoms with E-state index >= 15 is 0 Å². The monoisotopic (exact) mass is 1440 g/mol. The number of nitrogens with one attached hydrogen (secondary N) is 1. The minimum absolute atomic E-state index is 0.0258. The third-order valence-corrected chi connectivity index (χ3v) is 11.3. The van der Waals surface area contributed by atoms with E-state index in [0.29, 0.717) is 0 Å². The van der Waals surface area contributed by atoms with E-state index in [2.05, 4.69) is 4.52 Å². The molecule has 1 aliphatic rings. The lowest BCUT2D eigenvalue weighted by molar-refractivity contribution is -0.136. The molecule has 49 heteroatoms. The molecule has 1 aliphatic heterocycles. The number of rotatable bonds is 37. The first-order chi connectivity index (χ1) is 43.7. The van der Waals surface area contributed by atoms with Crippen LogP contribution in [0.4, 0.5) is 0 Å². The third kappa shape index (κ3) is 47.0. The van der Waals surface area contributed by atoms with Crippen molar-refractivity contribution in [2.75, 3.05) is 46.2 Å². The summed E-state index contributed by atoms with van der Waals surface area (Å²) in [7, 11) is -4.80. The number of hydrogen-bond donors (Lipinski definition) is 37. The fraction of sp³-hybridized carbons (Fsp3) is 0.761. The van der Waals surface area contributed by atoms with Gasteiger partial charge in [-0.05, 0) is 0 Å². The maximum Gasteiger partial charge on any atom is 0.469 e. The molecule has 0 saturated heterocycles. The number of imide groups is 1. The average molecular weight is 1440 g/mol. The van der Waals surface area contributed by atoms with Gasteiger partial charge in [0.1, 0.15) is 171 Å². The summed E-state index contributed by atoms with van der Waals surface area (Å²) in [5, 5.41) is 299. The van der Waals surface area contributed by atoms with Crippen LogP contribution in [-0.2, 0) is 52.2 Å². The van der Waals surface area contributed by atoms with Crippen LogP contribution in [0.2, 0.25) is 0 Å². The van der Waals surface area contributed by atoms with Gasteiger partial charge in [0, 0.05) is 12.2 Å². The first-order valence-corrected chi connectivity index (χ1v) is 27.4. The largest absolute Gasteiger partial charge is 0.469 e. The van der Waals surface area contributed by atoms with Crippen molar-refractivity contribution in [1.82, 2.24) is 5.32 Å². The minimum Gasteiger partial charge on any atom is -0.394 e. The Kier molecular flexibility index (Phi) is 63.7. The number of aliphatic hydroxyl groups excluding tert-OH is 34. The van der Waals surface area contributed by atoms with Gasteiger partial charge in [0.2, 0.25) is 0 Å². The van der Waals surface area contributed by atoms with Crippen LogP contribution in [-0.4, -0.2) is 456 Å².